The average molecular weight is 257 g/mol. The van der Waals surface area contributed by atoms with Gasteiger partial charge in [0.05, 0.1) is 18.6 Å². The van der Waals surface area contributed by atoms with Gasteiger partial charge in [0.15, 0.2) is 0 Å². The van der Waals surface area contributed by atoms with Crippen LogP contribution in [0.5, 0.6) is 0 Å². The van der Waals surface area contributed by atoms with E-state index < -0.39 is 0 Å². The predicted molar refractivity (Wildman–Crippen MR) is 74.0 cm³/mol. The lowest BCUT2D eigenvalue weighted by Crippen LogP contribution is -2.34. The van der Waals surface area contributed by atoms with Gasteiger partial charge in [-0.05, 0) is 13.3 Å². The van der Waals surface area contributed by atoms with Crippen LogP contribution in [0.4, 0.5) is 5.82 Å². The second-order valence-electron chi connectivity index (χ2n) is 5.03. The Hall–Kier alpha value is -1.91. The summed E-state index contributed by atoms with van der Waals surface area (Å²) >= 11 is 0. The fourth-order valence-electron chi connectivity index (χ4n) is 2.49. The second-order valence-corrected chi connectivity index (χ2v) is 5.03. The number of imidazole rings is 1. The summed E-state index contributed by atoms with van der Waals surface area (Å²) in [6, 6.07) is 2.07. The highest BCUT2D eigenvalue weighted by molar-refractivity contribution is 5.41. The fraction of sp³-hybridized carbons (Fsp3) is 0.500. The van der Waals surface area contributed by atoms with E-state index in [-0.39, 0.29) is 0 Å². The lowest BCUT2D eigenvalue weighted by molar-refractivity contribution is 0.565. The number of hydrogen-bond acceptors (Lipinski definition) is 4. The van der Waals surface area contributed by atoms with Crippen LogP contribution in [0.1, 0.15) is 30.6 Å². The Balaban J connectivity index is 1.87. The molecule has 3 heterocycles. The smallest absolute Gasteiger partial charge is 0.132 e. The molecule has 1 aliphatic rings. The molecule has 0 saturated carbocycles. The largest absolute Gasteiger partial charge is 0.349 e. The maximum absolute atomic E-state index is 4.69. The Morgan fingerprint density at radius 3 is 3.00 bits per heavy atom. The van der Waals surface area contributed by atoms with Crippen LogP contribution in [0.25, 0.3) is 0 Å². The van der Waals surface area contributed by atoms with Crippen molar-refractivity contribution in [1.29, 1.82) is 0 Å². The number of aromatic nitrogens is 4. The molecule has 19 heavy (non-hydrogen) atoms. The SMILES string of the molecule is CCCc1nc(C)cc(N2CCn3cncc3C2)n1. The lowest BCUT2D eigenvalue weighted by atomic mass is 10.2. The zero-order chi connectivity index (χ0) is 13.2. The molecule has 0 radical (unpaired) electrons. The Kier molecular flexibility index (Phi) is 3.19. The van der Waals surface area contributed by atoms with Gasteiger partial charge in [0.1, 0.15) is 11.6 Å². The van der Waals surface area contributed by atoms with Gasteiger partial charge >= 0.3 is 0 Å². The molecular formula is C14H19N5. The highest BCUT2D eigenvalue weighted by atomic mass is 15.3. The minimum atomic E-state index is 0.877. The van der Waals surface area contributed by atoms with Crippen LogP contribution < -0.4 is 4.90 Å². The normalized spacial score (nSPS) is 14.5. The topological polar surface area (TPSA) is 46.8 Å². The third kappa shape index (κ3) is 2.45. The molecule has 2 aromatic heterocycles. The molecule has 2 aromatic rings. The first-order valence-electron chi connectivity index (χ1n) is 6.85. The average Bonchev–Trinajstić information content (AvgIpc) is 2.85. The summed E-state index contributed by atoms with van der Waals surface area (Å²) in [6.07, 6.45) is 5.86. The van der Waals surface area contributed by atoms with Gasteiger partial charge in [-0.3, -0.25) is 0 Å². The Labute approximate surface area is 113 Å². The van der Waals surface area contributed by atoms with E-state index in [1.807, 2.05) is 19.4 Å². The van der Waals surface area contributed by atoms with Crippen LogP contribution in [0, 0.1) is 6.92 Å². The van der Waals surface area contributed by atoms with Gasteiger partial charge < -0.3 is 9.47 Å². The minimum Gasteiger partial charge on any atom is -0.349 e. The van der Waals surface area contributed by atoms with Crippen molar-refractivity contribution in [2.75, 3.05) is 11.4 Å². The molecule has 0 N–H and O–H groups in total. The number of hydrogen-bond donors (Lipinski definition) is 0. The summed E-state index contributed by atoms with van der Waals surface area (Å²) in [5.74, 6) is 2.00. The Morgan fingerprint density at radius 1 is 1.26 bits per heavy atom. The molecule has 1 aliphatic heterocycles. The van der Waals surface area contributed by atoms with E-state index in [0.29, 0.717) is 0 Å². The maximum Gasteiger partial charge on any atom is 0.132 e. The monoisotopic (exact) mass is 257 g/mol. The molecule has 0 bridgehead atoms. The lowest BCUT2D eigenvalue weighted by Gasteiger charge is -2.29. The summed E-state index contributed by atoms with van der Waals surface area (Å²) in [7, 11) is 0. The van der Waals surface area contributed by atoms with Gasteiger partial charge in [0, 0.05) is 37.5 Å². The number of anilines is 1. The molecule has 100 valence electrons. The van der Waals surface area contributed by atoms with Crippen molar-refractivity contribution < 1.29 is 0 Å². The van der Waals surface area contributed by atoms with Crippen molar-refractivity contribution in [3.05, 3.63) is 35.8 Å². The van der Waals surface area contributed by atoms with Crippen molar-refractivity contribution in [1.82, 2.24) is 19.5 Å². The zero-order valence-corrected chi connectivity index (χ0v) is 11.5. The van der Waals surface area contributed by atoms with Gasteiger partial charge in [0.25, 0.3) is 0 Å². The molecule has 0 aliphatic carbocycles. The highest BCUT2D eigenvalue weighted by Gasteiger charge is 2.18. The summed E-state index contributed by atoms with van der Waals surface area (Å²) in [4.78, 5) is 15.7. The number of aryl methyl sites for hydroxylation is 2. The van der Waals surface area contributed by atoms with Gasteiger partial charge in [0.2, 0.25) is 0 Å². The zero-order valence-electron chi connectivity index (χ0n) is 11.5. The molecule has 0 atom stereocenters. The first-order valence-corrected chi connectivity index (χ1v) is 6.85. The predicted octanol–water partition coefficient (Wildman–Crippen LogP) is 1.95. The molecule has 0 fully saturated rings. The van der Waals surface area contributed by atoms with E-state index in [0.717, 1.165) is 49.8 Å². The summed E-state index contributed by atoms with van der Waals surface area (Å²) in [5, 5.41) is 0. The minimum absolute atomic E-state index is 0.877. The third-order valence-electron chi connectivity index (χ3n) is 3.45. The molecule has 5 nitrogen and oxygen atoms in total. The van der Waals surface area contributed by atoms with E-state index in [2.05, 4.69) is 37.4 Å². The van der Waals surface area contributed by atoms with Crippen LogP contribution in [0.15, 0.2) is 18.6 Å². The number of nitrogens with zero attached hydrogens (tertiary/aromatic N) is 5. The quantitative estimate of drug-likeness (QED) is 0.843. The molecule has 0 saturated heterocycles. The van der Waals surface area contributed by atoms with Crippen molar-refractivity contribution in [3.8, 4) is 0 Å². The van der Waals surface area contributed by atoms with Crippen LogP contribution in [-0.4, -0.2) is 26.1 Å². The van der Waals surface area contributed by atoms with Crippen LogP contribution in [0.3, 0.4) is 0 Å². The van der Waals surface area contributed by atoms with Crippen molar-refractivity contribution in [2.24, 2.45) is 0 Å². The molecule has 0 aromatic carbocycles. The van der Waals surface area contributed by atoms with E-state index >= 15 is 0 Å². The molecule has 0 amide bonds. The molecule has 3 rings (SSSR count). The summed E-state index contributed by atoms with van der Waals surface area (Å²) < 4.78 is 2.21. The van der Waals surface area contributed by atoms with Crippen LogP contribution >= 0.6 is 0 Å². The first kappa shape index (κ1) is 12.1. The Bertz CT molecular complexity index is 575. The fourth-order valence-corrected chi connectivity index (χ4v) is 2.49. The number of fused-ring (bicyclic) bond motifs is 1. The van der Waals surface area contributed by atoms with Crippen LogP contribution in [0.2, 0.25) is 0 Å². The molecule has 0 spiro atoms. The molecule has 5 heteroatoms. The van der Waals surface area contributed by atoms with Gasteiger partial charge in [-0.25, -0.2) is 15.0 Å². The van der Waals surface area contributed by atoms with Gasteiger partial charge in [-0.2, -0.15) is 0 Å². The standard InChI is InChI=1S/C14H19N5/c1-3-4-13-16-11(2)7-14(17-13)18-5-6-19-10-15-8-12(19)9-18/h7-8,10H,3-6,9H2,1-2H3. The van der Waals surface area contributed by atoms with Crippen LogP contribution in [-0.2, 0) is 19.5 Å². The van der Waals surface area contributed by atoms with E-state index in [4.69, 9.17) is 0 Å². The first-order chi connectivity index (χ1) is 9.26. The van der Waals surface area contributed by atoms with Gasteiger partial charge in [-0.1, -0.05) is 6.92 Å². The van der Waals surface area contributed by atoms with Crippen molar-refractivity contribution in [2.45, 2.75) is 39.8 Å². The van der Waals surface area contributed by atoms with Crippen molar-refractivity contribution >= 4 is 5.82 Å². The third-order valence-corrected chi connectivity index (χ3v) is 3.45. The highest BCUT2D eigenvalue weighted by Crippen LogP contribution is 2.19. The Morgan fingerprint density at radius 2 is 2.16 bits per heavy atom. The molecule has 0 unspecified atom stereocenters. The maximum atomic E-state index is 4.69. The molecular weight excluding hydrogens is 238 g/mol. The van der Waals surface area contributed by atoms with E-state index in [1.165, 1.54) is 5.69 Å². The van der Waals surface area contributed by atoms with E-state index in [9.17, 15) is 0 Å². The van der Waals surface area contributed by atoms with Gasteiger partial charge in [-0.15, -0.1) is 0 Å². The summed E-state index contributed by atoms with van der Waals surface area (Å²) in [6.45, 7) is 7.03. The number of rotatable bonds is 3. The second kappa shape index (κ2) is 4.99. The van der Waals surface area contributed by atoms with Crippen molar-refractivity contribution in [3.63, 3.8) is 0 Å². The van der Waals surface area contributed by atoms with E-state index in [1.54, 1.807) is 0 Å². The summed E-state index contributed by atoms with van der Waals surface area (Å²) in [5.41, 5.74) is 2.30.